The Labute approximate surface area is 278 Å². The summed E-state index contributed by atoms with van der Waals surface area (Å²) in [5, 5.41) is 2.91. The van der Waals surface area contributed by atoms with Crippen molar-refractivity contribution in [3.8, 4) is 11.1 Å². The first-order chi connectivity index (χ1) is 22.8. The number of alkyl carbamates (subject to hydrolysis) is 1. The number of amides is 2. The van der Waals surface area contributed by atoms with Crippen LogP contribution in [0, 0.1) is 6.92 Å². The van der Waals surface area contributed by atoms with E-state index >= 15 is 0 Å². The molecule has 8 heteroatoms. The lowest BCUT2D eigenvalue weighted by Gasteiger charge is -2.37. The van der Waals surface area contributed by atoms with Crippen molar-refractivity contribution in [3.05, 3.63) is 166 Å². The molecule has 1 aliphatic carbocycles. The SMILES string of the molecule is Cc1ccc(C(OC(=O)[C@H](CC(N)=O)NC(=O)OCC2c3ccccc3-c3ccccc32)(c2ccccc2)c2ccccc2Cl)cc1. The highest BCUT2D eigenvalue weighted by Gasteiger charge is 2.44. The number of ether oxygens (including phenoxy) is 2. The van der Waals surface area contributed by atoms with Crippen LogP contribution in [0.25, 0.3) is 11.1 Å². The van der Waals surface area contributed by atoms with E-state index in [1.165, 1.54) is 0 Å². The number of esters is 1. The summed E-state index contributed by atoms with van der Waals surface area (Å²) < 4.78 is 12.1. The van der Waals surface area contributed by atoms with E-state index < -0.39 is 36.0 Å². The molecule has 2 atom stereocenters. The predicted molar refractivity (Wildman–Crippen MR) is 181 cm³/mol. The summed E-state index contributed by atoms with van der Waals surface area (Å²) >= 11 is 6.79. The second kappa shape index (κ2) is 13.5. The Kier molecular flexibility index (Phi) is 9.09. The van der Waals surface area contributed by atoms with Crippen LogP contribution in [0.4, 0.5) is 4.79 Å². The summed E-state index contributed by atoms with van der Waals surface area (Å²) in [5.41, 5.74) is 11.0. The second-order valence-corrected chi connectivity index (χ2v) is 11.9. The number of benzene rings is 5. The van der Waals surface area contributed by atoms with Crippen molar-refractivity contribution in [1.82, 2.24) is 5.32 Å². The Morgan fingerprint density at radius 2 is 1.32 bits per heavy atom. The minimum Gasteiger partial charge on any atom is -0.449 e. The fraction of sp³-hybridized carbons (Fsp3) is 0.154. The zero-order valence-corrected chi connectivity index (χ0v) is 26.4. The van der Waals surface area contributed by atoms with Crippen LogP contribution >= 0.6 is 11.6 Å². The number of nitrogens with two attached hydrogens (primary N) is 1. The van der Waals surface area contributed by atoms with Crippen LogP contribution in [0.15, 0.2) is 127 Å². The van der Waals surface area contributed by atoms with Crippen molar-refractivity contribution < 1.29 is 23.9 Å². The summed E-state index contributed by atoms with van der Waals surface area (Å²) in [6, 6.07) is 38.3. The van der Waals surface area contributed by atoms with Gasteiger partial charge in [0.25, 0.3) is 0 Å². The summed E-state index contributed by atoms with van der Waals surface area (Å²) in [4.78, 5) is 39.7. The molecule has 5 aromatic rings. The standard InChI is InChI=1S/C39H33ClN2O5/c1-25-19-21-27(22-20-25)39(26-11-3-2-4-12-26,33-17-9-10-18-34(33)40)47-37(44)35(23-36(41)43)42-38(45)46-24-32-30-15-7-5-13-28(30)29-14-6-8-16-31(29)32/h2-22,32,35H,23-24H2,1H3,(H2,41,43)(H,42,45)/t35-,39?/m0/s1. The highest BCUT2D eigenvalue weighted by Crippen LogP contribution is 2.45. The topological polar surface area (TPSA) is 108 Å². The number of rotatable bonds is 10. The molecule has 1 unspecified atom stereocenters. The quantitative estimate of drug-likeness (QED) is 0.123. The van der Waals surface area contributed by atoms with E-state index in [1.54, 1.807) is 24.3 Å². The highest BCUT2D eigenvalue weighted by atomic mass is 35.5. The van der Waals surface area contributed by atoms with Crippen molar-refractivity contribution in [2.45, 2.75) is 30.9 Å². The van der Waals surface area contributed by atoms with Crippen molar-refractivity contribution >= 4 is 29.6 Å². The molecule has 2 amide bonds. The lowest BCUT2D eigenvalue weighted by atomic mass is 9.79. The van der Waals surface area contributed by atoms with Crippen LogP contribution < -0.4 is 11.1 Å². The van der Waals surface area contributed by atoms with E-state index in [4.69, 9.17) is 26.8 Å². The molecule has 0 aromatic heterocycles. The van der Waals surface area contributed by atoms with Gasteiger partial charge < -0.3 is 20.5 Å². The Bertz CT molecular complexity index is 1880. The Morgan fingerprint density at radius 1 is 0.766 bits per heavy atom. The van der Waals surface area contributed by atoms with Gasteiger partial charge in [0.05, 0.1) is 6.42 Å². The van der Waals surface area contributed by atoms with Gasteiger partial charge >= 0.3 is 12.1 Å². The van der Waals surface area contributed by atoms with E-state index in [0.717, 1.165) is 27.8 Å². The van der Waals surface area contributed by atoms with Gasteiger partial charge in [-0.25, -0.2) is 9.59 Å². The third-order valence-corrected chi connectivity index (χ3v) is 8.80. The van der Waals surface area contributed by atoms with Crippen molar-refractivity contribution in [1.29, 1.82) is 0 Å². The molecule has 47 heavy (non-hydrogen) atoms. The summed E-state index contributed by atoms with van der Waals surface area (Å²) in [5.74, 6) is -1.88. The van der Waals surface area contributed by atoms with Crippen molar-refractivity contribution in [2.75, 3.05) is 6.61 Å². The van der Waals surface area contributed by atoms with E-state index in [1.807, 2.05) is 110 Å². The zero-order valence-electron chi connectivity index (χ0n) is 25.7. The molecule has 0 radical (unpaired) electrons. The van der Waals surface area contributed by atoms with Gasteiger partial charge in [-0.15, -0.1) is 0 Å². The number of nitrogens with one attached hydrogen (secondary N) is 1. The number of hydrogen-bond acceptors (Lipinski definition) is 5. The van der Waals surface area contributed by atoms with Gasteiger partial charge in [0.2, 0.25) is 5.91 Å². The van der Waals surface area contributed by atoms with Crippen molar-refractivity contribution in [3.63, 3.8) is 0 Å². The molecule has 7 nitrogen and oxygen atoms in total. The van der Waals surface area contributed by atoms with Gasteiger partial charge in [0, 0.05) is 27.6 Å². The van der Waals surface area contributed by atoms with Crippen LogP contribution in [-0.4, -0.2) is 30.6 Å². The number of primary amides is 1. The van der Waals surface area contributed by atoms with Gasteiger partial charge in [0.15, 0.2) is 5.60 Å². The van der Waals surface area contributed by atoms with E-state index in [0.29, 0.717) is 21.7 Å². The van der Waals surface area contributed by atoms with Crippen LogP contribution in [0.2, 0.25) is 5.02 Å². The van der Waals surface area contributed by atoms with Gasteiger partial charge in [-0.1, -0.05) is 138 Å². The first-order valence-corrected chi connectivity index (χ1v) is 15.7. The maximum atomic E-state index is 14.2. The average Bonchev–Trinajstić information content (AvgIpc) is 3.40. The molecule has 5 aromatic carbocycles. The Balaban J connectivity index is 1.31. The molecule has 0 fully saturated rings. The number of carbonyl (C=O) groups excluding carboxylic acids is 3. The molecule has 0 aliphatic heterocycles. The second-order valence-electron chi connectivity index (χ2n) is 11.5. The van der Waals surface area contributed by atoms with Crippen LogP contribution in [0.5, 0.6) is 0 Å². The highest BCUT2D eigenvalue weighted by molar-refractivity contribution is 6.31. The summed E-state index contributed by atoms with van der Waals surface area (Å²) in [6.07, 6.45) is -1.39. The van der Waals surface area contributed by atoms with E-state index in [9.17, 15) is 14.4 Å². The van der Waals surface area contributed by atoms with Gasteiger partial charge in [-0.2, -0.15) is 0 Å². The fourth-order valence-corrected chi connectivity index (χ4v) is 6.53. The molecule has 3 N–H and O–H groups in total. The number of fused-ring (bicyclic) bond motifs is 3. The molecule has 6 rings (SSSR count). The van der Waals surface area contributed by atoms with Crippen molar-refractivity contribution in [2.24, 2.45) is 5.73 Å². The number of halogens is 1. The van der Waals surface area contributed by atoms with Gasteiger partial charge in [-0.05, 0) is 35.2 Å². The first kappa shape index (κ1) is 31.6. The maximum absolute atomic E-state index is 14.2. The van der Waals surface area contributed by atoms with Crippen LogP contribution in [0.3, 0.4) is 0 Å². The molecule has 0 bridgehead atoms. The van der Waals surface area contributed by atoms with Gasteiger partial charge in [-0.3, -0.25) is 4.79 Å². The largest absolute Gasteiger partial charge is 0.449 e. The Morgan fingerprint density at radius 3 is 1.94 bits per heavy atom. The third kappa shape index (κ3) is 6.35. The molecule has 0 saturated carbocycles. The van der Waals surface area contributed by atoms with E-state index in [2.05, 4.69) is 5.32 Å². The Hall–Kier alpha value is -5.40. The normalized spacial score (nSPS) is 13.8. The molecule has 236 valence electrons. The monoisotopic (exact) mass is 644 g/mol. The summed E-state index contributed by atoms with van der Waals surface area (Å²) in [6.45, 7) is 1.98. The zero-order chi connectivity index (χ0) is 33.0. The van der Waals surface area contributed by atoms with E-state index in [-0.39, 0.29) is 12.5 Å². The third-order valence-electron chi connectivity index (χ3n) is 8.47. The fourth-order valence-electron chi connectivity index (χ4n) is 6.26. The maximum Gasteiger partial charge on any atom is 0.407 e. The summed E-state index contributed by atoms with van der Waals surface area (Å²) in [7, 11) is 0. The van der Waals surface area contributed by atoms with Crippen LogP contribution in [0.1, 0.15) is 45.7 Å². The molecule has 0 saturated heterocycles. The predicted octanol–water partition coefficient (Wildman–Crippen LogP) is 7.27. The smallest absolute Gasteiger partial charge is 0.407 e. The molecular formula is C39H33ClN2O5. The molecular weight excluding hydrogens is 612 g/mol. The minimum atomic E-state index is -1.54. The first-order valence-electron chi connectivity index (χ1n) is 15.3. The lowest BCUT2D eigenvalue weighted by Crippen LogP contribution is -2.48. The number of carbonyl (C=O) groups is 3. The molecule has 0 heterocycles. The molecule has 0 spiro atoms. The number of hydrogen-bond donors (Lipinski definition) is 2. The van der Waals surface area contributed by atoms with Crippen LogP contribution in [-0.2, 0) is 24.7 Å². The molecule has 1 aliphatic rings. The van der Waals surface area contributed by atoms with Gasteiger partial charge in [0.1, 0.15) is 12.6 Å². The lowest BCUT2D eigenvalue weighted by molar-refractivity contribution is -0.157. The average molecular weight is 645 g/mol. The number of aryl methyl sites for hydroxylation is 1. The minimum absolute atomic E-state index is 0.0230.